The molecule has 7 heteroatoms. The highest BCUT2D eigenvalue weighted by molar-refractivity contribution is 5.67. The number of hydrogen-bond donors (Lipinski definition) is 3. The van der Waals surface area contributed by atoms with Crippen LogP contribution in [-0.2, 0) is 14.4 Å². The number of nitrogens with zero attached hydrogens (tertiary/aromatic N) is 1. The molecule has 222 valence electrons. The van der Waals surface area contributed by atoms with E-state index in [0.29, 0.717) is 6.54 Å². The van der Waals surface area contributed by atoms with Gasteiger partial charge in [-0.25, -0.2) is 0 Å². The largest absolute Gasteiger partial charge is 0.481 e. The smallest absolute Gasteiger partial charge is 0.309 e. The van der Waals surface area contributed by atoms with Crippen LogP contribution in [0.2, 0.25) is 0 Å². The third kappa shape index (κ3) is 24.4. The normalized spacial score (nSPS) is 11.8. The number of carboxylic acids is 3. The van der Waals surface area contributed by atoms with Gasteiger partial charge in [0.25, 0.3) is 0 Å². The molecule has 0 saturated heterocycles. The molecule has 0 bridgehead atoms. The van der Waals surface area contributed by atoms with Gasteiger partial charge in [0.1, 0.15) is 0 Å². The van der Waals surface area contributed by atoms with Gasteiger partial charge in [-0.05, 0) is 32.1 Å². The Kier molecular flexibility index (Phi) is 24.1. The minimum Gasteiger partial charge on any atom is -0.481 e. The zero-order valence-corrected chi connectivity index (χ0v) is 24.3. The van der Waals surface area contributed by atoms with E-state index in [1.807, 2.05) is 0 Å². The Morgan fingerprint density at radius 1 is 0.474 bits per heavy atom. The van der Waals surface area contributed by atoms with Crippen LogP contribution in [0.1, 0.15) is 142 Å². The molecule has 0 aromatic rings. The molecule has 3 N–H and O–H groups in total. The summed E-state index contributed by atoms with van der Waals surface area (Å²) in [5, 5.41) is 27.4. The molecule has 0 amide bonds. The molecule has 0 spiro atoms. The Hall–Kier alpha value is -1.89. The molecule has 0 aliphatic rings. The highest BCUT2D eigenvalue weighted by Gasteiger charge is 2.29. The third-order valence-electron chi connectivity index (χ3n) is 7.53. The van der Waals surface area contributed by atoms with Gasteiger partial charge in [0.2, 0.25) is 0 Å². The first-order valence-electron chi connectivity index (χ1n) is 15.5. The van der Waals surface area contributed by atoms with Crippen LogP contribution in [0, 0.1) is 0 Å². The Balaban J connectivity index is 3.88. The van der Waals surface area contributed by atoms with Crippen LogP contribution in [-0.4, -0.2) is 63.9 Å². The van der Waals surface area contributed by atoms with Crippen molar-refractivity contribution in [2.24, 2.45) is 0 Å². The average molecular weight is 541 g/mol. The molecule has 0 fully saturated rings. The van der Waals surface area contributed by atoms with Crippen molar-refractivity contribution in [3.8, 4) is 0 Å². The van der Waals surface area contributed by atoms with E-state index in [9.17, 15) is 14.4 Å². The number of unbranched alkanes of at least 4 members (excludes halogenated alkanes) is 16. The van der Waals surface area contributed by atoms with Crippen LogP contribution in [0.5, 0.6) is 0 Å². The first-order valence-corrected chi connectivity index (χ1v) is 15.5. The summed E-state index contributed by atoms with van der Waals surface area (Å²) in [6.07, 6.45) is 27.0. The maximum absolute atomic E-state index is 11.1. The number of carboxylic acid groups (broad SMARTS) is 3. The monoisotopic (exact) mass is 540 g/mol. The predicted octanol–water partition coefficient (Wildman–Crippen LogP) is 7.83. The molecule has 0 radical (unpaired) electrons. The molecule has 0 aromatic carbocycles. The maximum atomic E-state index is 11.1. The van der Waals surface area contributed by atoms with E-state index in [0.717, 1.165) is 19.3 Å². The Morgan fingerprint density at radius 3 is 1.13 bits per heavy atom. The lowest BCUT2D eigenvalue weighted by atomic mass is 10.0. The topological polar surface area (TPSA) is 112 Å². The molecular formula is C31H58NO6+. The van der Waals surface area contributed by atoms with Crippen molar-refractivity contribution in [2.75, 3.05) is 26.2 Å². The van der Waals surface area contributed by atoms with E-state index in [-0.39, 0.29) is 43.4 Å². The Morgan fingerprint density at radius 2 is 0.789 bits per heavy atom. The molecule has 0 aromatic heterocycles. The summed E-state index contributed by atoms with van der Waals surface area (Å²) in [5.41, 5.74) is 0. The highest BCUT2D eigenvalue weighted by Crippen LogP contribution is 2.17. The molecule has 0 unspecified atom stereocenters. The summed E-state index contributed by atoms with van der Waals surface area (Å²) < 4.78 is 0.265. The van der Waals surface area contributed by atoms with Crippen LogP contribution in [0.3, 0.4) is 0 Å². The van der Waals surface area contributed by atoms with Crippen molar-refractivity contribution >= 4 is 17.9 Å². The van der Waals surface area contributed by atoms with Crippen LogP contribution >= 0.6 is 0 Å². The van der Waals surface area contributed by atoms with Crippen molar-refractivity contribution in [1.82, 2.24) is 0 Å². The molecular weight excluding hydrogens is 482 g/mol. The van der Waals surface area contributed by atoms with Gasteiger partial charge in [0.15, 0.2) is 0 Å². The fraction of sp³-hybridized carbons (Fsp3) is 0.839. The highest BCUT2D eigenvalue weighted by atomic mass is 16.4. The zero-order valence-electron chi connectivity index (χ0n) is 24.3. The van der Waals surface area contributed by atoms with E-state index in [2.05, 4.69) is 19.1 Å². The van der Waals surface area contributed by atoms with Gasteiger partial charge in [0, 0.05) is 0 Å². The number of aliphatic carboxylic acids is 3. The van der Waals surface area contributed by atoms with E-state index in [1.54, 1.807) is 0 Å². The number of quaternary nitrogens is 1. The first-order chi connectivity index (χ1) is 18.3. The van der Waals surface area contributed by atoms with Crippen molar-refractivity contribution in [2.45, 2.75) is 142 Å². The van der Waals surface area contributed by atoms with E-state index < -0.39 is 17.9 Å². The van der Waals surface area contributed by atoms with Crippen LogP contribution in [0.4, 0.5) is 0 Å². The lowest BCUT2D eigenvalue weighted by molar-refractivity contribution is -0.927. The summed E-state index contributed by atoms with van der Waals surface area (Å²) >= 11 is 0. The summed E-state index contributed by atoms with van der Waals surface area (Å²) in [5.74, 6) is -2.79. The number of hydrogen-bond acceptors (Lipinski definition) is 3. The molecule has 0 rings (SSSR count). The van der Waals surface area contributed by atoms with Gasteiger partial charge in [-0.15, -0.1) is 0 Å². The van der Waals surface area contributed by atoms with Crippen LogP contribution in [0.25, 0.3) is 0 Å². The van der Waals surface area contributed by atoms with Crippen molar-refractivity contribution in [3.05, 3.63) is 12.2 Å². The average Bonchev–Trinajstić information content (AvgIpc) is 2.88. The molecule has 0 aliphatic carbocycles. The number of carbonyl (C=O) groups is 3. The van der Waals surface area contributed by atoms with Gasteiger partial charge < -0.3 is 19.8 Å². The van der Waals surface area contributed by atoms with Gasteiger partial charge in [0.05, 0.1) is 45.4 Å². The third-order valence-corrected chi connectivity index (χ3v) is 7.53. The van der Waals surface area contributed by atoms with Crippen molar-refractivity contribution < 1.29 is 34.2 Å². The molecule has 38 heavy (non-hydrogen) atoms. The fourth-order valence-electron chi connectivity index (χ4n) is 5.08. The SMILES string of the molecule is CCC/C=C/CCCCCCCCCCCCCCCCC[N+](CCC(=O)O)(CCC(=O)O)CCC(=O)O. The minimum absolute atomic E-state index is 0.0732. The summed E-state index contributed by atoms with van der Waals surface area (Å²) in [6, 6.07) is 0. The standard InChI is InChI=1S/C31H57NO6/c1-2-3-4-5-6-7-8-9-10-11-12-13-14-15-16-17-18-19-20-21-25-32(26-22-29(33)34,27-23-30(35)36)28-24-31(37)38/h4-5H,2-3,6-28H2,1H3,(H2-,33,34,35,36,37,38)/p+1/b5-4+. The van der Waals surface area contributed by atoms with Crippen molar-refractivity contribution in [3.63, 3.8) is 0 Å². The van der Waals surface area contributed by atoms with Crippen LogP contribution < -0.4 is 0 Å². The van der Waals surface area contributed by atoms with E-state index in [4.69, 9.17) is 15.3 Å². The predicted molar refractivity (Wildman–Crippen MR) is 154 cm³/mol. The second-order valence-electron chi connectivity index (χ2n) is 11.0. The van der Waals surface area contributed by atoms with E-state index >= 15 is 0 Å². The summed E-state index contributed by atoms with van der Waals surface area (Å²) in [7, 11) is 0. The quantitative estimate of drug-likeness (QED) is 0.0506. The van der Waals surface area contributed by atoms with Crippen LogP contribution in [0.15, 0.2) is 12.2 Å². The fourth-order valence-corrected chi connectivity index (χ4v) is 5.08. The van der Waals surface area contributed by atoms with Gasteiger partial charge in [-0.1, -0.05) is 103 Å². The Labute approximate surface area is 232 Å². The van der Waals surface area contributed by atoms with E-state index in [1.165, 1.54) is 96.3 Å². The first kappa shape index (κ1) is 36.1. The second kappa shape index (κ2) is 25.4. The Bertz CT molecular complexity index is 588. The summed E-state index contributed by atoms with van der Waals surface area (Å²) in [4.78, 5) is 33.4. The second-order valence-corrected chi connectivity index (χ2v) is 11.0. The maximum Gasteiger partial charge on any atom is 0.309 e. The molecule has 0 saturated carbocycles. The minimum atomic E-state index is -0.931. The lowest BCUT2D eigenvalue weighted by Gasteiger charge is -2.38. The summed E-state index contributed by atoms with van der Waals surface area (Å²) in [6.45, 7) is 3.72. The zero-order chi connectivity index (χ0) is 28.3. The number of allylic oxidation sites excluding steroid dienone is 2. The number of rotatable bonds is 29. The molecule has 0 heterocycles. The van der Waals surface area contributed by atoms with Gasteiger partial charge >= 0.3 is 17.9 Å². The molecule has 0 atom stereocenters. The van der Waals surface area contributed by atoms with Gasteiger partial charge in [-0.3, -0.25) is 14.4 Å². The molecule has 7 nitrogen and oxygen atoms in total. The van der Waals surface area contributed by atoms with Crippen molar-refractivity contribution in [1.29, 1.82) is 0 Å². The molecule has 0 aliphatic heterocycles. The lowest BCUT2D eigenvalue weighted by Crippen LogP contribution is -2.52. The van der Waals surface area contributed by atoms with Gasteiger partial charge in [-0.2, -0.15) is 0 Å².